The lowest BCUT2D eigenvalue weighted by atomic mass is 10.2. The van der Waals surface area contributed by atoms with Gasteiger partial charge in [-0.05, 0) is 12.8 Å². The standard InChI is InChI=1S/C8H14N2O5S/c11-8(12)7-4-9-16(13,14)10(7)5-6-2-1-3-15-6/h6-7,9H,1-5H2,(H,11,12). The fraction of sp³-hybridized carbons (Fsp3) is 0.875. The zero-order valence-electron chi connectivity index (χ0n) is 8.63. The monoisotopic (exact) mass is 250 g/mol. The molecule has 0 radical (unpaired) electrons. The Morgan fingerprint density at radius 2 is 2.31 bits per heavy atom. The van der Waals surface area contributed by atoms with Crippen LogP contribution in [-0.2, 0) is 19.7 Å². The number of nitrogens with one attached hydrogen (secondary N) is 1. The van der Waals surface area contributed by atoms with Crippen LogP contribution in [0, 0.1) is 0 Å². The number of carboxylic acids is 1. The summed E-state index contributed by atoms with van der Waals surface area (Å²) >= 11 is 0. The summed E-state index contributed by atoms with van der Waals surface area (Å²) in [5, 5.41) is 8.90. The number of ether oxygens (including phenoxy) is 1. The van der Waals surface area contributed by atoms with Gasteiger partial charge in [0.1, 0.15) is 6.04 Å². The van der Waals surface area contributed by atoms with Gasteiger partial charge in [0.15, 0.2) is 0 Å². The lowest BCUT2D eigenvalue weighted by molar-refractivity contribution is -0.141. The molecule has 0 aromatic heterocycles. The van der Waals surface area contributed by atoms with Crippen LogP contribution in [0.15, 0.2) is 0 Å². The third kappa shape index (κ3) is 2.19. The maximum absolute atomic E-state index is 11.6. The molecule has 2 atom stereocenters. The number of aliphatic carboxylic acids is 1. The van der Waals surface area contributed by atoms with Crippen LogP contribution in [0.1, 0.15) is 12.8 Å². The molecule has 2 heterocycles. The average molecular weight is 250 g/mol. The number of hydrogen-bond acceptors (Lipinski definition) is 4. The van der Waals surface area contributed by atoms with Crippen LogP contribution in [0.4, 0.5) is 0 Å². The third-order valence-electron chi connectivity index (χ3n) is 2.81. The van der Waals surface area contributed by atoms with E-state index in [0.717, 1.165) is 17.1 Å². The molecule has 2 aliphatic rings. The minimum absolute atomic E-state index is 0.0790. The average Bonchev–Trinajstić information content (AvgIpc) is 2.76. The fourth-order valence-electron chi connectivity index (χ4n) is 1.96. The molecule has 92 valence electrons. The second kappa shape index (κ2) is 4.28. The maximum atomic E-state index is 11.6. The highest BCUT2D eigenvalue weighted by Gasteiger charge is 2.42. The van der Waals surface area contributed by atoms with Gasteiger partial charge in [-0.3, -0.25) is 4.79 Å². The molecule has 0 aromatic carbocycles. The SMILES string of the molecule is O=C(O)C1CNS(=O)(=O)N1CC1CCCO1. The summed E-state index contributed by atoms with van der Waals surface area (Å²) in [6.07, 6.45) is 1.48. The van der Waals surface area contributed by atoms with E-state index in [1.165, 1.54) is 0 Å². The number of rotatable bonds is 3. The Hall–Kier alpha value is -0.700. The lowest BCUT2D eigenvalue weighted by Gasteiger charge is -2.21. The van der Waals surface area contributed by atoms with Crippen molar-refractivity contribution in [3.05, 3.63) is 0 Å². The number of hydrogen-bond donors (Lipinski definition) is 2. The second-order valence-electron chi connectivity index (χ2n) is 3.91. The minimum Gasteiger partial charge on any atom is -0.480 e. The van der Waals surface area contributed by atoms with Gasteiger partial charge in [-0.25, -0.2) is 0 Å². The Balaban J connectivity index is 2.10. The highest BCUT2D eigenvalue weighted by molar-refractivity contribution is 7.87. The molecule has 0 saturated carbocycles. The quantitative estimate of drug-likeness (QED) is 0.653. The van der Waals surface area contributed by atoms with E-state index < -0.39 is 22.2 Å². The van der Waals surface area contributed by atoms with E-state index in [9.17, 15) is 13.2 Å². The third-order valence-corrected chi connectivity index (χ3v) is 4.36. The molecule has 8 heteroatoms. The van der Waals surface area contributed by atoms with Crippen molar-refractivity contribution < 1.29 is 23.1 Å². The topological polar surface area (TPSA) is 95.9 Å². The van der Waals surface area contributed by atoms with Gasteiger partial charge in [-0.2, -0.15) is 17.4 Å². The molecule has 7 nitrogen and oxygen atoms in total. The van der Waals surface area contributed by atoms with Gasteiger partial charge in [-0.15, -0.1) is 0 Å². The molecule has 2 N–H and O–H groups in total. The second-order valence-corrected chi connectivity index (χ2v) is 5.62. The molecule has 2 rings (SSSR count). The van der Waals surface area contributed by atoms with E-state index >= 15 is 0 Å². The molecule has 2 saturated heterocycles. The van der Waals surface area contributed by atoms with E-state index in [1.54, 1.807) is 0 Å². The van der Waals surface area contributed by atoms with Gasteiger partial charge in [-0.1, -0.05) is 0 Å². The van der Waals surface area contributed by atoms with Crippen molar-refractivity contribution >= 4 is 16.2 Å². The minimum atomic E-state index is -3.65. The predicted octanol–water partition coefficient (Wildman–Crippen LogP) is -1.23. The summed E-state index contributed by atoms with van der Waals surface area (Å²) in [6, 6.07) is -1.02. The first kappa shape index (κ1) is 11.8. The largest absolute Gasteiger partial charge is 0.480 e. The van der Waals surface area contributed by atoms with E-state index in [4.69, 9.17) is 9.84 Å². The van der Waals surface area contributed by atoms with Gasteiger partial charge in [0, 0.05) is 19.7 Å². The van der Waals surface area contributed by atoms with Crippen LogP contribution in [-0.4, -0.2) is 55.6 Å². The zero-order valence-corrected chi connectivity index (χ0v) is 9.44. The van der Waals surface area contributed by atoms with E-state index in [0.29, 0.717) is 6.61 Å². The number of nitrogens with zero attached hydrogens (tertiary/aromatic N) is 1. The van der Waals surface area contributed by atoms with E-state index in [2.05, 4.69) is 4.72 Å². The van der Waals surface area contributed by atoms with E-state index in [-0.39, 0.29) is 19.2 Å². The van der Waals surface area contributed by atoms with Crippen LogP contribution in [0.3, 0.4) is 0 Å². The van der Waals surface area contributed by atoms with Crippen LogP contribution < -0.4 is 4.72 Å². The van der Waals surface area contributed by atoms with Gasteiger partial charge in [0.25, 0.3) is 10.2 Å². The van der Waals surface area contributed by atoms with E-state index in [1.807, 2.05) is 0 Å². The first-order valence-electron chi connectivity index (χ1n) is 5.11. The van der Waals surface area contributed by atoms with Crippen molar-refractivity contribution in [1.82, 2.24) is 9.03 Å². The Morgan fingerprint density at radius 1 is 1.56 bits per heavy atom. The van der Waals surface area contributed by atoms with Crippen molar-refractivity contribution in [1.29, 1.82) is 0 Å². The van der Waals surface area contributed by atoms with Gasteiger partial charge >= 0.3 is 5.97 Å². The molecule has 2 aliphatic heterocycles. The lowest BCUT2D eigenvalue weighted by Crippen LogP contribution is -2.43. The molecule has 0 aromatic rings. The molecule has 0 spiro atoms. The Labute approximate surface area is 93.6 Å². The van der Waals surface area contributed by atoms with Crippen molar-refractivity contribution in [2.24, 2.45) is 0 Å². The number of carbonyl (C=O) groups is 1. The van der Waals surface area contributed by atoms with Crippen molar-refractivity contribution in [3.63, 3.8) is 0 Å². The van der Waals surface area contributed by atoms with Crippen LogP contribution >= 0.6 is 0 Å². The molecule has 0 amide bonds. The van der Waals surface area contributed by atoms with Crippen LogP contribution in [0.2, 0.25) is 0 Å². The van der Waals surface area contributed by atoms with Crippen molar-refractivity contribution in [2.75, 3.05) is 19.7 Å². The molecular weight excluding hydrogens is 236 g/mol. The smallest absolute Gasteiger partial charge is 0.323 e. The maximum Gasteiger partial charge on any atom is 0.323 e. The molecule has 0 aliphatic carbocycles. The normalized spacial score (nSPS) is 34.2. The van der Waals surface area contributed by atoms with Gasteiger partial charge in [0.05, 0.1) is 6.10 Å². The first-order chi connectivity index (χ1) is 7.50. The summed E-state index contributed by atoms with van der Waals surface area (Å²) in [4.78, 5) is 10.9. The summed E-state index contributed by atoms with van der Waals surface area (Å²) in [5.74, 6) is -1.13. The Kier molecular flexibility index (Phi) is 3.15. The highest BCUT2D eigenvalue weighted by Crippen LogP contribution is 2.19. The molecule has 2 fully saturated rings. The Morgan fingerprint density at radius 3 is 2.88 bits per heavy atom. The summed E-state index contributed by atoms with van der Waals surface area (Å²) in [6.45, 7) is 0.653. The van der Waals surface area contributed by atoms with Gasteiger partial charge < -0.3 is 9.84 Å². The number of carboxylic acid groups (broad SMARTS) is 1. The predicted molar refractivity (Wildman–Crippen MR) is 54.0 cm³/mol. The van der Waals surface area contributed by atoms with Crippen molar-refractivity contribution in [3.8, 4) is 0 Å². The summed E-state index contributed by atoms with van der Waals surface area (Å²) < 4.78 is 31.6. The van der Waals surface area contributed by atoms with Crippen LogP contribution in [0.5, 0.6) is 0 Å². The first-order valence-corrected chi connectivity index (χ1v) is 6.55. The zero-order chi connectivity index (χ0) is 11.8. The van der Waals surface area contributed by atoms with Crippen LogP contribution in [0.25, 0.3) is 0 Å². The summed E-state index contributed by atoms with van der Waals surface area (Å²) in [5.41, 5.74) is 0. The molecule has 16 heavy (non-hydrogen) atoms. The fourth-order valence-corrected chi connectivity index (χ4v) is 3.36. The molecule has 2 unspecified atom stereocenters. The molecular formula is C8H14N2O5S. The highest BCUT2D eigenvalue weighted by atomic mass is 32.2. The van der Waals surface area contributed by atoms with Crippen molar-refractivity contribution in [2.45, 2.75) is 25.0 Å². The summed E-state index contributed by atoms with van der Waals surface area (Å²) in [7, 11) is -3.65. The molecule has 0 bridgehead atoms. The Bertz CT molecular complexity index is 376. The van der Waals surface area contributed by atoms with Gasteiger partial charge in [0.2, 0.25) is 0 Å².